The minimum atomic E-state index is -0.218. The van der Waals surface area contributed by atoms with Crippen LogP contribution in [0.15, 0.2) is 59.5 Å². The van der Waals surface area contributed by atoms with Gasteiger partial charge in [-0.3, -0.25) is 9.59 Å². The van der Waals surface area contributed by atoms with Gasteiger partial charge in [0.2, 0.25) is 0 Å². The van der Waals surface area contributed by atoms with E-state index in [2.05, 4.69) is 19.2 Å². The lowest BCUT2D eigenvalue weighted by Gasteiger charge is -2.14. The average Bonchev–Trinajstić information content (AvgIpc) is 3.07. The molecule has 6 heteroatoms. The number of fused-ring (bicyclic) bond motifs is 3. The standard InChI is InChI=1S/C25H27N3O3/c1-16(2)14-28-15-19(24(29)26-13-17-9-5-8-12-21(17)31-4)22-18-10-6-7-11-20(18)27(3)23(22)25(28)30/h5-12,15-16H,13-14H2,1-4H3,(H,26,29). The van der Waals surface area contributed by atoms with Crippen LogP contribution in [0.5, 0.6) is 5.75 Å². The first-order valence-electron chi connectivity index (χ1n) is 10.4. The van der Waals surface area contributed by atoms with Gasteiger partial charge in [0.15, 0.2) is 0 Å². The second kappa shape index (κ2) is 8.30. The molecule has 0 aliphatic carbocycles. The van der Waals surface area contributed by atoms with Gasteiger partial charge in [0.1, 0.15) is 11.3 Å². The summed E-state index contributed by atoms with van der Waals surface area (Å²) in [6.07, 6.45) is 1.70. The van der Waals surface area contributed by atoms with Gasteiger partial charge in [0, 0.05) is 48.2 Å². The Morgan fingerprint density at radius 3 is 2.55 bits per heavy atom. The van der Waals surface area contributed by atoms with Crippen molar-refractivity contribution in [1.82, 2.24) is 14.5 Å². The first-order chi connectivity index (χ1) is 14.9. The number of benzene rings is 2. The molecule has 1 amide bonds. The van der Waals surface area contributed by atoms with Crippen molar-refractivity contribution in [2.75, 3.05) is 7.11 Å². The van der Waals surface area contributed by atoms with E-state index in [9.17, 15) is 9.59 Å². The summed E-state index contributed by atoms with van der Waals surface area (Å²) in [6, 6.07) is 15.4. The van der Waals surface area contributed by atoms with Crippen LogP contribution in [-0.4, -0.2) is 22.2 Å². The van der Waals surface area contributed by atoms with Gasteiger partial charge in [-0.25, -0.2) is 0 Å². The van der Waals surface area contributed by atoms with Crippen molar-refractivity contribution in [3.05, 3.63) is 76.2 Å². The molecule has 0 saturated carbocycles. The molecule has 2 heterocycles. The molecule has 0 atom stereocenters. The van der Waals surface area contributed by atoms with Crippen molar-refractivity contribution in [3.63, 3.8) is 0 Å². The lowest BCUT2D eigenvalue weighted by atomic mass is 10.1. The molecule has 6 nitrogen and oxygen atoms in total. The Morgan fingerprint density at radius 2 is 1.81 bits per heavy atom. The van der Waals surface area contributed by atoms with Crippen molar-refractivity contribution >= 4 is 27.7 Å². The largest absolute Gasteiger partial charge is 0.496 e. The monoisotopic (exact) mass is 417 g/mol. The smallest absolute Gasteiger partial charge is 0.275 e. The number of hydrogen-bond donors (Lipinski definition) is 1. The van der Waals surface area contributed by atoms with Gasteiger partial charge in [-0.05, 0) is 18.1 Å². The molecule has 2 aromatic carbocycles. The van der Waals surface area contributed by atoms with Crippen molar-refractivity contribution in [2.24, 2.45) is 13.0 Å². The molecule has 0 unspecified atom stereocenters. The number of aromatic nitrogens is 2. The normalized spacial score (nSPS) is 11.4. The van der Waals surface area contributed by atoms with E-state index in [-0.39, 0.29) is 17.4 Å². The van der Waals surface area contributed by atoms with Gasteiger partial charge in [0.25, 0.3) is 11.5 Å². The van der Waals surface area contributed by atoms with Crippen LogP contribution in [0.25, 0.3) is 21.8 Å². The molecular formula is C25H27N3O3. The summed E-state index contributed by atoms with van der Waals surface area (Å²) in [5.74, 6) is 0.780. The molecule has 2 aromatic heterocycles. The number of pyridine rings is 1. The zero-order valence-corrected chi connectivity index (χ0v) is 18.3. The fourth-order valence-electron chi connectivity index (χ4n) is 4.15. The number of rotatable bonds is 6. The van der Waals surface area contributed by atoms with Gasteiger partial charge in [-0.15, -0.1) is 0 Å². The van der Waals surface area contributed by atoms with Crippen LogP contribution in [0.4, 0.5) is 0 Å². The molecule has 31 heavy (non-hydrogen) atoms. The maximum absolute atomic E-state index is 13.4. The van der Waals surface area contributed by atoms with Gasteiger partial charge in [-0.1, -0.05) is 50.2 Å². The van der Waals surface area contributed by atoms with Gasteiger partial charge >= 0.3 is 0 Å². The summed E-state index contributed by atoms with van der Waals surface area (Å²) in [5.41, 5.74) is 2.79. The predicted octanol–water partition coefficient (Wildman–Crippen LogP) is 4.09. The van der Waals surface area contributed by atoms with E-state index in [1.54, 1.807) is 17.9 Å². The number of methoxy groups -OCH3 is 1. The van der Waals surface area contributed by atoms with Crippen molar-refractivity contribution in [1.29, 1.82) is 0 Å². The van der Waals surface area contributed by atoms with Crippen LogP contribution < -0.4 is 15.6 Å². The minimum Gasteiger partial charge on any atom is -0.496 e. The third kappa shape index (κ3) is 3.69. The van der Waals surface area contributed by atoms with Gasteiger partial charge in [-0.2, -0.15) is 0 Å². The quantitative estimate of drug-likeness (QED) is 0.514. The summed E-state index contributed by atoms with van der Waals surface area (Å²) in [5, 5.41) is 4.61. The average molecular weight is 418 g/mol. The maximum atomic E-state index is 13.4. The summed E-state index contributed by atoms with van der Waals surface area (Å²) >= 11 is 0. The van der Waals surface area contributed by atoms with Crippen LogP contribution in [0.3, 0.4) is 0 Å². The molecule has 0 bridgehead atoms. The van der Waals surface area contributed by atoms with E-state index in [4.69, 9.17) is 4.74 Å². The fraction of sp³-hybridized carbons (Fsp3) is 0.280. The highest BCUT2D eigenvalue weighted by atomic mass is 16.5. The molecule has 160 valence electrons. The Hall–Kier alpha value is -3.54. The number of aryl methyl sites for hydroxylation is 1. The molecule has 0 spiro atoms. The lowest BCUT2D eigenvalue weighted by molar-refractivity contribution is 0.0951. The number of nitrogens with zero attached hydrogens (tertiary/aromatic N) is 2. The summed E-state index contributed by atoms with van der Waals surface area (Å²) in [4.78, 5) is 26.6. The van der Waals surface area contributed by atoms with E-state index in [0.717, 1.165) is 22.2 Å². The molecule has 4 aromatic rings. The molecule has 0 fully saturated rings. The second-order valence-electron chi connectivity index (χ2n) is 8.19. The van der Waals surface area contributed by atoms with Crippen LogP contribution in [-0.2, 0) is 20.1 Å². The van der Waals surface area contributed by atoms with E-state index in [0.29, 0.717) is 29.6 Å². The molecule has 1 N–H and O–H groups in total. The van der Waals surface area contributed by atoms with Gasteiger partial charge in [0.05, 0.1) is 12.7 Å². The van der Waals surface area contributed by atoms with Crippen molar-refractivity contribution in [2.45, 2.75) is 26.9 Å². The molecule has 0 saturated heterocycles. The van der Waals surface area contributed by atoms with Crippen LogP contribution in [0.2, 0.25) is 0 Å². The number of amides is 1. The summed E-state index contributed by atoms with van der Waals surface area (Å²) < 4.78 is 8.94. The zero-order chi connectivity index (χ0) is 22.1. The maximum Gasteiger partial charge on any atom is 0.275 e. The van der Waals surface area contributed by atoms with E-state index in [1.807, 2.05) is 60.1 Å². The number of carbonyl (C=O) groups is 1. The van der Waals surface area contributed by atoms with Crippen molar-refractivity contribution < 1.29 is 9.53 Å². The third-order valence-corrected chi connectivity index (χ3v) is 5.56. The molecule has 0 aliphatic heterocycles. The minimum absolute atomic E-state index is 0.0799. The molecule has 0 aliphatic rings. The van der Waals surface area contributed by atoms with Gasteiger partial charge < -0.3 is 19.2 Å². The van der Waals surface area contributed by atoms with Crippen LogP contribution in [0.1, 0.15) is 29.8 Å². The number of ether oxygens (including phenoxy) is 1. The van der Waals surface area contributed by atoms with E-state index < -0.39 is 0 Å². The third-order valence-electron chi connectivity index (χ3n) is 5.56. The second-order valence-corrected chi connectivity index (χ2v) is 8.19. The van der Waals surface area contributed by atoms with Crippen LogP contribution >= 0.6 is 0 Å². The van der Waals surface area contributed by atoms with Crippen LogP contribution in [0, 0.1) is 5.92 Å². The highest BCUT2D eigenvalue weighted by molar-refractivity contribution is 6.17. The lowest BCUT2D eigenvalue weighted by Crippen LogP contribution is -2.29. The Bertz CT molecular complexity index is 1330. The number of hydrogen-bond acceptors (Lipinski definition) is 3. The first-order valence-corrected chi connectivity index (χ1v) is 10.4. The highest BCUT2D eigenvalue weighted by Gasteiger charge is 2.21. The Labute approximate surface area is 181 Å². The zero-order valence-electron chi connectivity index (χ0n) is 18.3. The highest BCUT2D eigenvalue weighted by Crippen LogP contribution is 2.29. The van der Waals surface area contributed by atoms with Crippen molar-refractivity contribution in [3.8, 4) is 5.75 Å². The Balaban J connectivity index is 1.85. The Kier molecular flexibility index (Phi) is 5.55. The SMILES string of the molecule is COc1ccccc1CNC(=O)c1cn(CC(C)C)c(=O)c2c1c1ccccc1n2C. The fourth-order valence-corrected chi connectivity index (χ4v) is 4.15. The molecular weight excluding hydrogens is 390 g/mol. The Morgan fingerprint density at radius 1 is 1.10 bits per heavy atom. The summed E-state index contributed by atoms with van der Waals surface area (Å²) in [7, 11) is 3.49. The number of carbonyl (C=O) groups excluding carboxylic acids is 1. The molecule has 4 rings (SSSR count). The topological polar surface area (TPSA) is 65.3 Å². The van der Waals surface area contributed by atoms with E-state index >= 15 is 0 Å². The number of para-hydroxylation sites is 2. The number of nitrogens with one attached hydrogen (secondary N) is 1. The first kappa shape index (κ1) is 20.7. The predicted molar refractivity (Wildman–Crippen MR) is 124 cm³/mol. The summed E-state index contributed by atoms with van der Waals surface area (Å²) in [6.45, 7) is 4.99. The van der Waals surface area contributed by atoms with E-state index in [1.165, 1.54) is 0 Å². The molecule has 0 radical (unpaired) electrons.